The monoisotopic (exact) mass is 340 g/mol. The Hall–Kier alpha value is -1.26. The molecule has 2 atom stereocenters. The number of hydrogen-bond acceptors (Lipinski definition) is 3. The van der Waals surface area contributed by atoms with Crippen LogP contribution in [-0.2, 0) is 4.79 Å². The molecule has 23 heavy (non-hydrogen) atoms. The SMILES string of the molecule is CC(C)c1ccc(OCCC(=O)NC2CCCC2CN)cc1.Cl. The molecular weight excluding hydrogens is 312 g/mol. The van der Waals surface area contributed by atoms with E-state index in [0.29, 0.717) is 31.4 Å². The molecule has 5 heteroatoms. The fourth-order valence-electron chi connectivity index (χ4n) is 3.00. The van der Waals surface area contributed by atoms with E-state index in [1.807, 2.05) is 12.1 Å². The lowest BCUT2D eigenvalue weighted by Crippen LogP contribution is -2.40. The molecule has 3 N–H and O–H groups in total. The van der Waals surface area contributed by atoms with Gasteiger partial charge in [-0.25, -0.2) is 0 Å². The minimum absolute atomic E-state index is 0. The number of nitrogens with one attached hydrogen (secondary N) is 1. The maximum atomic E-state index is 12.0. The Balaban J connectivity index is 0.00000264. The van der Waals surface area contributed by atoms with Crippen LogP contribution in [0.4, 0.5) is 0 Å². The van der Waals surface area contributed by atoms with Crippen LogP contribution in [0.5, 0.6) is 5.75 Å². The van der Waals surface area contributed by atoms with Crippen LogP contribution in [0.3, 0.4) is 0 Å². The average molecular weight is 341 g/mol. The van der Waals surface area contributed by atoms with E-state index in [-0.39, 0.29) is 24.4 Å². The molecule has 0 spiro atoms. The van der Waals surface area contributed by atoms with Gasteiger partial charge in [0.2, 0.25) is 5.91 Å². The number of nitrogens with two attached hydrogens (primary N) is 1. The largest absolute Gasteiger partial charge is 0.493 e. The number of carbonyl (C=O) groups excluding carboxylic acids is 1. The second-order valence-electron chi connectivity index (χ2n) is 6.42. The van der Waals surface area contributed by atoms with E-state index in [1.165, 1.54) is 5.56 Å². The van der Waals surface area contributed by atoms with Crippen molar-refractivity contribution in [2.24, 2.45) is 11.7 Å². The number of halogens is 1. The van der Waals surface area contributed by atoms with Gasteiger partial charge in [0, 0.05) is 6.04 Å². The Morgan fingerprint density at radius 3 is 2.61 bits per heavy atom. The van der Waals surface area contributed by atoms with Crippen molar-refractivity contribution in [3.05, 3.63) is 29.8 Å². The first kappa shape index (κ1) is 19.8. The third-order valence-electron chi connectivity index (χ3n) is 4.45. The van der Waals surface area contributed by atoms with Gasteiger partial charge in [0.15, 0.2) is 0 Å². The van der Waals surface area contributed by atoms with E-state index in [1.54, 1.807) is 0 Å². The molecule has 1 aliphatic rings. The van der Waals surface area contributed by atoms with Gasteiger partial charge < -0.3 is 15.8 Å². The zero-order chi connectivity index (χ0) is 15.9. The zero-order valence-corrected chi connectivity index (χ0v) is 14.9. The molecule has 1 aromatic rings. The van der Waals surface area contributed by atoms with E-state index in [9.17, 15) is 4.79 Å². The molecule has 0 saturated heterocycles. The third-order valence-corrected chi connectivity index (χ3v) is 4.45. The molecule has 1 aromatic carbocycles. The topological polar surface area (TPSA) is 64.3 Å². The summed E-state index contributed by atoms with van der Waals surface area (Å²) in [5, 5.41) is 3.09. The fourth-order valence-corrected chi connectivity index (χ4v) is 3.00. The van der Waals surface area contributed by atoms with Crippen LogP contribution >= 0.6 is 12.4 Å². The van der Waals surface area contributed by atoms with Crippen LogP contribution in [0.2, 0.25) is 0 Å². The van der Waals surface area contributed by atoms with Crippen molar-refractivity contribution in [1.82, 2.24) is 5.32 Å². The molecule has 2 unspecified atom stereocenters. The van der Waals surface area contributed by atoms with Crippen molar-refractivity contribution in [2.45, 2.75) is 51.5 Å². The predicted molar refractivity (Wildman–Crippen MR) is 96.2 cm³/mol. The summed E-state index contributed by atoms with van der Waals surface area (Å²) in [6.45, 7) is 5.40. The highest BCUT2D eigenvalue weighted by atomic mass is 35.5. The first-order valence-electron chi connectivity index (χ1n) is 8.32. The molecule has 0 bridgehead atoms. The molecule has 1 saturated carbocycles. The van der Waals surface area contributed by atoms with Gasteiger partial charge >= 0.3 is 0 Å². The summed E-state index contributed by atoms with van der Waals surface area (Å²) in [6.07, 6.45) is 3.72. The highest BCUT2D eigenvalue weighted by Crippen LogP contribution is 2.24. The zero-order valence-electron chi connectivity index (χ0n) is 14.1. The van der Waals surface area contributed by atoms with Crippen LogP contribution in [0.1, 0.15) is 51.0 Å². The molecule has 0 radical (unpaired) electrons. The van der Waals surface area contributed by atoms with Crippen molar-refractivity contribution in [3.63, 3.8) is 0 Å². The minimum Gasteiger partial charge on any atom is -0.493 e. The first-order chi connectivity index (χ1) is 10.6. The molecule has 1 fully saturated rings. The number of amides is 1. The molecule has 130 valence electrons. The van der Waals surface area contributed by atoms with E-state index in [4.69, 9.17) is 10.5 Å². The molecule has 0 aromatic heterocycles. The van der Waals surface area contributed by atoms with Crippen molar-refractivity contribution in [3.8, 4) is 5.75 Å². The van der Waals surface area contributed by atoms with Crippen LogP contribution in [0, 0.1) is 5.92 Å². The number of carbonyl (C=O) groups is 1. The van der Waals surface area contributed by atoms with Crippen molar-refractivity contribution < 1.29 is 9.53 Å². The Bertz CT molecular complexity index is 476. The molecule has 2 rings (SSSR count). The van der Waals surface area contributed by atoms with Gasteiger partial charge in [0.05, 0.1) is 13.0 Å². The lowest BCUT2D eigenvalue weighted by atomic mass is 10.0. The summed E-state index contributed by atoms with van der Waals surface area (Å²) < 4.78 is 5.64. The Labute approximate surface area is 145 Å². The van der Waals surface area contributed by atoms with Crippen LogP contribution in [0.25, 0.3) is 0 Å². The lowest BCUT2D eigenvalue weighted by Gasteiger charge is -2.19. The highest BCUT2D eigenvalue weighted by molar-refractivity contribution is 5.85. The van der Waals surface area contributed by atoms with Crippen molar-refractivity contribution >= 4 is 18.3 Å². The second-order valence-corrected chi connectivity index (χ2v) is 6.42. The normalized spacial score (nSPS) is 20.2. The average Bonchev–Trinajstić information content (AvgIpc) is 2.95. The number of rotatable bonds is 7. The second kappa shape index (κ2) is 9.78. The van der Waals surface area contributed by atoms with Gasteiger partial charge in [-0.1, -0.05) is 32.4 Å². The van der Waals surface area contributed by atoms with E-state index in [2.05, 4.69) is 31.3 Å². The van der Waals surface area contributed by atoms with Gasteiger partial charge in [0.25, 0.3) is 0 Å². The standard InChI is InChI=1S/C18H28N2O2.ClH/c1-13(2)14-6-8-16(9-7-14)22-11-10-18(21)20-17-5-3-4-15(17)12-19;/h6-9,13,15,17H,3-5,10-12,19H2,1-2H3,(H,20,21);1H. The maximum Gasteiger partial charge on any atom is 0.223 e. The van der Waals surface area contributed by atoms with Crippen molar-refractivity contribution in [1.29, 1.82) is 0 Å². The fraction of sp³-hybridized carbons (Fsp3) is 0.611. The van der Waals surface area contributed by atoms with Crippen molar-refractivity contribution in [2.75, 3.05) is 13.2 Å². The third kappa shape index (κ3) is 6.04. The Morgan fingerprint density at radius 1 is 1.30 bits per heavy atom. The van der Waals surface area contributed by atoms with Crippen LogP contribution < -0.4 is 15.8 Å². The molecule has 4 nitrogen and oxygen atoms in total. The summed E-state index contributed by atoms with van der Waals surface area (Å²) in [6, 6.07) is 8.33. The quantitative estimate of drug-likeness (QED) is 0.800. The smallest absolute Gasteiger partial charge is 0.223 e. The molecule has 0 aliphatic heterocycles. The summed E-state index contributed by atoms with van der Waals surface area (Å²) in [4.78, 5) is 12.0. The minimum atomic E-state index is 0. The van der Waals surface area contributed by atoms with Gasteiger partial charge in [0.1, 0.15) is 5.75 Å². The summed E-state index contributed by atoms with van der Waals surface area (Å²) >= 11 is 0. The Kier molecular flexibility index (Phi) is 8.42. The summed E-state index contributed by atoms with van der Waals surface area (Å²) in [7, 11) is 0. The van der Waals surface area contributed by atoms with Gasteiger partial charge in [-0.3, -0.25) is 4.79 Å². The Morgan fingerprint density at radius 2 is 2.00 bits per heavy atom. The van der Waals surface area contributed by atoms with E-state index in [0.717, 1.165) is 25.0 Å². The molecule has 0 heterocycles. The predicted octanol–water partition coefficient (Wildman–Crippen LogP) is 3.24. The molecule has 1 aliphatic carbocycles. The number of ether oxygens (including phenoxy) is 1. The highest BCUT2D eigenvalue weighted by Gasteiger charge is 2.27. The first-order valence-corrected chi connectivity index (χ1v) is 8.32. The maximum absolute atomic E-state index is 12.0. The summed E-state index contributed by atoms with van der Waals surface area (Å²) in [5.74, 6) is 1.83. The summed E-state index contributed by atoms with van der Waals surface area (Å²) in [5.41, 5.74) is 7.02. The van der Waals surface area contributed by atoms with Crippen LogP contribution in [0.15, 0.2) is 24.3 Å². The number of benzene rings is 1. The van der Waals surface area contributed by atoms with E-state index >= 15 is 0 Å². The van der Waals surface area contributed by atoms with Gasteiger partial charge in [-0.15, -0.1) is 12.4 Å². The molecule has 1 amide bonds. The molecular formula is C18H29ClN2O2. The van der Waals surface area contributed by atoms with Gasteiger partial charge in [-0.05, 0) is 48.9 Å². The van der Waals surface area contributed by atoms with Crippen LogP contribution in [-0.4, -0.2) is 25.1 Å². The number of hydrogen-bond donors (Lipinski definition) is 2. The van der Waals surface area contributed by atoms with E-state index < -0.39 is 0 Å². The van der Waals surface area contributed by atoms with Gasteiger partial charge in [-0.2, -0.15) is 0 Å². The lowest BCUT2D eigenvalue weighted by molar-refractivity contribution is -0.122.